The van der Waals surface area contributed by atoms with Gasteiger partial charge in [0.15, 0.2) is 11.2 Å². The van der Waals surface area contributed by atoms with Crippen LogP contribution in [0.2, 0.25) is 0 Å². The second kappa shape index (κ2) is 11.2. The number of carbonyl (C=O) groups is 3. The average Bonchev–Trinajstić information content (AvgIpc) is 3.35. The van der Waals surface area contributed by atoms with Gasteiger partial charge in [-0.05, 0) is 55.3 Å². The fourth-order valence-electron chi connectivity index (χ4n) is 7.48. The highest BCUT2D eigenvalue weighted by Gasteiger charge is 2.58. The Bertz CT molecular complexity index is 1990. The zero-order valence-electron chi connectivity index (χ0n) is 26.1. The monoisotopic (exact) mass is 669 g/mol. The van der Waals surface area contributed by atoms with Crippen molar-refractivity contribution in [1.82, 2.24) is 25.2 Å². The molecule has 10 nitrogen and oxygen atoms in total. The maximum atomic E-state index is 13.6. The first-order chi connectivity index (χ1) is 23.5. The Morgan fingerprint density at radius 3 is 2.14 bits per heavy atom. The quantitative estimate of drug-likeness (QED) is 0.303. The molecule has 2 saturated heterocycles. The number of aromatic nitrogens is 3. The van der Waals surface area contributed by atoms with Crippen LogP contribution >= 0.6 is 0 Å². The largest absolute Gasteiger partial charge is 0.449 e. The molecule has 4 aromatic rings. The van der Waals surface area contributed by atoms with Gasteiger partial charge >= 0.3 is 18.1 Å². The number of nitrogens with one attached hydrogen (secondary N) is 1. The van der Waals surface area contributed by atoms with Crippen molar-refractivity contribution in [3.05, 3.63) is 113 Å². The molecule has 5 aliphatic rings. The van der Waals surface area contributed by atoms with Crippen molar-refractivity contribution in [2.24, 2.45) is 0 Å². The molecule has 3 aromatic heterocycles. The molecule has 2 unspecified atom stereocenters. The van der Waals surface area contributed by atoms with Crippen LogP contribution in [0.4, 0.5) is 13.2 Å². The third-order valence-electron chi connectivity index (χ3n) is 10.2. The molecule has 13 heteroatoms. The van der Waals surface area contributed by atoms with Crippen molar-refractivity contribution in [1.29, 1.82) is 0 Å². The molecular formula is C36H30F3N5O5. The number of esters is 2. The van der Waals surface area contributed by atoms with Gasteiger partial charge in [-0.15, -0.1) is 0 Å². The van der Waals surface area contributed by atoms with Gasteiger partial charge in [0.1, 0.15) is 0 Å². The molecule has 1 aliphatic carbocycles. The van der Waals surface area contributed by atoms with E-state index in [1.54, 1.807) is 54.0 Å². The molecule has 9 rings (SSSR count). The molecule has 49 heavy (non-hydrogen) atoms. The van der Waals surface area contributed by atoms with Crippen molar-refractivity contribution in [3.63, 3.8) is 0 Å². The van der Waals surface area contributed by atoms with E-state index in [1.807, 2.05) is 6.07 Å². The number of rotatable bonds is 3. The second-order valence-electron chi connectivity index (χ2n) is 13.1. The number of hydrogen-bond donors (Lipinski definition) is 1. The van der Waals surface area contributed by atoms with Crippen LogP contribution in [0.25, 0.3) is 11.3 Å². The lowest BCUT2D eigenvalue weighted by Crippen LogP contribution is -2.40. The Kier molecular flexibility index (Phi) is 7.11. The van der Waals surface area contributed by atoms with Gasteiger partial charge in [-0.2, -0.15) is 13.2 Å². The molecule has 4 aliphatic heterocycles. The van der Waals surface area contributed by atoms with Crippen LogP contribution < -0.4 is 5.32 Å². The molecule has 0 radical (unpaired) electrons. The van der Waals surface area contributed by atoms with Gasteiger partial charge in [0.2, 0.25) is 5.91 Å². The van der Waals surface area contributed by atoms with E-state index in [4.69, 9.17) is 9.47 Å². The molecule has 1 N–H and O–H groups in total. The van der Waals surface area contributed by atoms with Crippen LogP contribution in [0, 0.1) is 0 Å². The highest BCUT2D eigenvalue weighted by atomic mass is 19.4. The molecule has 1 aromatic carbocycles. The minimum atomic E-state index is -4.43. The van der Waals surface area contributed by atoms with Gasteiger partial charge < -0.3 is 19.7 Å². The number of amides is 1. The van der Waals surface area contributed by atoms with Crippen LogP contribution in [0.1, 0.15) is 68.7 Å². The molecule has 250 valence electrons. The summed E-state index contributed by atoms with van der Waals surface area (Å²) in [5.41, 5.74) is 1.65. The van der Waals surface area contributed by atoms with Crippen molar-refractivity contribution in [2.75, 3.05) is 26.2 Å². The van der Waals surface area contributed by atoms with E-state index in [-0.39, 0.29) is 18.4 Å². The van der Waals surface area contributed by atoms with Crippen molar-refractivity contribution in [3.8, 4) is 11.3 Å². The van der Waals surface area contributed by atoms with Gasteiger partial charge in [-0.3, -0.25) is 19.7 Å². The summed E-state index contributed by atoms with van der Waals surface area (Å²) in [6.45, 7) is 2.36. The van der Waals surface area contributed by atoms with Gasteiger partial charge in [-0.1, -0.05) is 18.2 Å². The smallest absolute Gasteiger partial charge is 0.416 e. The summed E-state index contributed by atoms with van der Waals surface area (Å²) in [5.74, 6) is -0.698. The summed E-state index contributed by atoms with van der Waals surface area (Å²) >= 11 is 0. The normalized spacial score (nSPS) is 24.3. The zero-order valence-corrected chi connectivity index (χ0v) is 26.1. The van der Waals surface area contributed by atoms with E-state index in [0.717, 1.165) is 48.3 Å². The van der Waals surface area contributed by atoms with Gasteiger partial charge in [0.05, 0.1) is 34.3 Å². The van der Waals surface area contributed by atoms with Crippen molar-refractivity contribution >= 4 is 17.8 Å². The third-order valence-corrected chi connectivity index (χ3v) is 10.2. The van der Waals surface area contributed by atoms with Crippen LogP contribution in [0.15, 0.2) is 79.5 Å². The van der Waals surface area contributed by atoms with Crippen LogP contribution in [0.3, 0.4) is 0 Å². The number of ether oxygens (including phenoxy) is 2. The number of halogens is 3. The van der Waals surface area contributed by atoms with E-state index in [9.17, 15) is 27.6 Å². The summed E-state index contributed by atoms with van der Waals surface area (Å²) in [5, 5.41) is 3.22. The summed E-state index contributed by atoms with van der Waals surface area (Å²) in [7, 11) is 0. The molecule has 1 amide bonds. The maximum absolute atomic E-state index is 13.6. The Balaban J connectivity index is 0.000000206. The standard InChI is InChI=1S/C26H20F3N3O3.C10H10N2O2/c27-26(28,29)17-3-1-2-16(12-17)21-5-4-18(13-31-21)24(7-8-24)23(34)32-11-9-25(15-32)20-6-10-30-14-19(20)22(33)35-25;13-9-7-5-11-3-1-8(7)10(14-9)2-4-12-6-10/h1-6,10,12-14H,7-9,11,15H2;1,3,5,12H,2,4,6H2. The predicted molar refractivity (Wildman–Crippen MR) is 167 cm³/mol. The Morgan fingerprint density at radius 2 is 1.53 bits per heavy atom. The fourth-order valence-corrected chi connectivity index (χ4v) is 7.48. The van der Waals surface area contributed by atoms with E-state index in [1.165, 1.54) is 12.3 Å². The van der Waals surface area contributed by atoms with E-state index in [2.05, 4.69) is 20.3 Å². The van der Waals surface area contributed by atoms with E-state index in [0.29, 0.717) is 48.2 Å². The number of benzene rings is 1. The number of fused-ring (bicyclic) bond motifs is 4. The molecule has 7 heterocycles. The highest BCUT2D eigenvalue weighted by molar-refractivity contribution is 5.96. The summed E-state index contributed by atoms with van der Waals surface area (Å²) in [6, 6.07) is 12.1. The number of pyridine rings is 3. The predicted octanol–water partition coefficient (Wildman–Crippen LogP) is 4.93. The molecular weight excluding hydrogens is 639 g/mol. The molecule has 1 saturated carbocycles. The number of nitrogens with zero attached hydrogens (tertiary/aromatic N) is 4. The number of carbonyl (C=O) groups excluding carboxylic acids is 3. The number of likely N-dealkylation sites (tertiary alicyclic amines) is 1. The molecule has 2 spiro atoms. The lowest BCUT2D eigenvalue weighted by molar-refractivity contribution is -0.137. The highest BCUT2D eigenvalue weighted by Crippen LogP contribution is 2.52. The number of hydrogen-bond acceptors (Lipinski definition) is 9. The van der Waals surface area contributed by atoms with E-state index >= 15 is 0 Å². The average molecular weight is 670 g/mol. The number of alkyl halides is 3. The van der Waals surface area contributed by atoms with Gasteiger partial charge in [0, 0.05) is 73.6 Å². The fraction of sp³-hybridized carbons (Fsp3) is 0.333. The second-order valence-corrected chi connectivity index (χ2v) is 13.1. The van der Waals surface area contributed by atoms with Gasteiger partial charge in [-0.25, -0.2) is 9.59 Å². The summed E-state index contributed by atoms with van der Waals surface area (Å²) < 4.78 is 50.4. The Morgan fingerprint density at radius 1 is 0.837 bits per heavy atom. The van der Waals surface area contributed by atoms with Gasteiger partial charge in [0.25, 0.3) is 0 Å². The van der Waals surface area contributed by atoms with Crippen molar-refractivity contribution in [2.45, 2.75) is 48.5 Å². The summed E-state index contributed by atoms with van der Waals surface area (Å²) in [6.07, 6.45) is 6.27. The van der Waals surface area contributed by atoms with Crippen LogP contribution in [-0.4, -0.2) is 63.9 Å². The first-order valence-electron chi connectivity index (χ1n) is 16.0. The lowest BCUT2D eigenvalue weighted by atomic mass is 9.92. The van der Waals surface area contributed by atoms with Crippen LogP contribution in [-0.2, 0) is 37.1 Å². The lowest BCUT2D eigenvalue weighted by Gasteiger charge is -2.26. The SMILES string of the molecule is O=C1OC2(CCN(C(=O)C3(c4ccc(-c5cccc(C(F)(F)F)c5)nc4)CC3)C2)c2ccncc21.O=C1OC2(CCNC2)c2ccncc21. The summed E-state index contributed by atoms with van der Waals surface area (Å²) in [4.78, 5) is 51.5. The Labute approximate surface area is 278 Å². The Hall–Kier alpha value is -5.17. The molecule has 3 fully saturated rings. The minimum absolute atomic E-state index is 0.0402. The maximum Gasteiger partial charge on any atom is 0.416 e. The molecule has 0 bridgehead atoms. The van der Waals surface area contributed by atoms with Crippen molar-refractivity contribution < 1.29 is 37.0 Å². The topological polar surface area (TPSA) is 124 Å². The van der Waals surface area contributed by atoms with E-state index < -0.39 is 34.3 Å². The minimum Gasteiger partial charge on any atom is -0.449 e. The first-order valence-corrected chi connectivity index (χ1v) is 16.0. The molecule has 2 atom stereocenters. The third kappa shape index (κ3) is 5.14. The zero-order chi connectivity index (χ0) is 34.0. The van der Waals surface area contributed by atoms with Crippen LogP contribution in [0.5, 0.6) is 0 Å². The first kappa shape index (κ1) is 31.1.